The van der Waals surface area contributed by atoms with Gasteiger partial charge >= 0.3 is 0 Å². The lowest BCUT2D eigenvalue weighted by molar-refractivity contribution is -0.410. The highest BCUT2D eigenvalue weighted by Gasteiger charge is 2.63. The van der Waals surface area contributed by atoms with Crippen molar-refractivity contribution in [3.8, 4) is 5.75 Å². The van der Waals surface area contributed by atoms with Crippen molar-refractivity contribution in [2.24, 2.45) is 11.3 Å². The lowest BCUT2D eigenvalue weighted by Gasteiger charge is -2.64. The molecular formula is C31H47NO5. The summed E-state index contributed by atoms with van der Waals surface area (Å²) in [5.41, 5.74) is 1.00. The van der Waals surface area contributed by atoms with Crippen molar-refractivity contribution in [1.29, 1.82) is 0 Å². The Balaban J connectivity index is 1.25. The Kier molecular flexibility index (Phi) is 7.78. The van der Waals surface area contributed by atoms with Gasteiger partial charge in [0.1, 0.15) is 18.5 Å². The number of hydrogen-bond acceptors (Lipinski definition) is 6. The number of benzene rings is 1. The van der Waals surface area contributed by atoms with Crippen LogP contribution in [0.4, 0.5) is 0 Å². The van der Waals surface area contributed by atoms with Crippen molar-refractivity contribution in [1.82, 2.24) is 5.06 Å². The number of hydroxylamine groups is 2. The molecule has 1 aliphatic carbocycles. The maximum atomic E-state index is 6.82. The molecule has 3 aliphatic heterocycles. The molecule has 1 aromatic carbocycles. The second-order valence-electron chi connectivity index (χ2n) is 12.4. The summed E-state index contributed by atoms with van der Waals surface area (Å²) in [6.07, 6.45) is 11.8. The summed E-state index contributed by atoms with van der Waals surface area (Å²) in [7, 11) is 0. The molecule has 0 bridgehead atoms. The number of rotatable bonds is 9. The van der Waals surface area contributed by atoms with Crippen molar-refractivity contribution in [2.45, 2.75) is 103 Å². The molecular weight excluding hydrogens is 466 g/mol. The Morgan fingerprint density at radius 3 is 2.35 bits per heavy atom. The zero-order valence-electron chi connectivity index (χ0n) is 23.6. The van der Waals surface area contributed by atoms with E-state index in [-0.39, 0.29) is 28.5 Å². The van der Waals surface area contributed by atoms with Crippen molar-refractivity contribution in [3.63, 3.8) is 0 Å². The van der Waals surface area contributed by atoms with E-state index in [1.54, 1.807) is 0 Å². The molecule has 37 heavy (non-hydrogen) atoms. The van der Waals surface area contributed by atoms with Gasteiger partial charge in [0.25, 0.3) is 0 Å². The Hall–Kier alpha value is -1.44. The van der Waals surface area contributed by atoms with Crippen LogP contribution in [0.1, 0.15) is 78.7 Å². The molecule has 0 saturated carbocycles. The topological polar surface area (TPSA) is 52.7 Å². The van der Waals surface area contributed by atoms with E-state index in [0.717, 1.165) is 70.5 Å². The van der Waals surface area contributed by atoms with E-state index in [4.69, 9.17) is 23.8 Å². The van der Waals surface area contributed by atoms with Gasteiger partial charge in [0, 0.05) is 23.3 Å². The zero-order valence-corrected chi connectivity index (χ0v) is 23.6. The van der Waals surface area contributed by atoms with E-state index >= 15 is 0 Å². The van der Waals surface area contributed by atoms with Crippen LogP contribution in [0.2, 0.25) is 0 Å². The molecule has 3 heterocycles. The summed E-state index contributed by atoms with van der Waals surface area (Å²) in [5, 5.41) is 2.32. The second-order valence-corrected chi connectivity index (χ2v) is 12.4. The van der Waals surface area contributed by atoms with Gasteiger partial charge in [0.15, 0.2) is 5.79 Å². The number of ether oxygens (including phenoxy) is 4. The molecule has 2 spiro atoms. The SMILES string of the molecule is CCC1(C)CC2(OCC3(CC=CCC3)CO2)C(C)C(C)(CC)N1OCCc1ccc(OCC2CO2)cc1. The third-order valence-electron chi connectivity index (χ3n) is 9.83. The highest BCUT2D eigenvalue weighted by atomic mass is 16.7. The molecule has 3 fully saturated rings. The van der Waals surface area contributed by atoms with Crippen LogP contribution in [0.15, 0.2) is 36.4 Å². The average molecular weight is 514 g/mol. The number of epoxide rings is 1. The highest BCUT2D eigenvalue weighted by Crippen LogP contribution is 2.55. The zero-order chi connectivity index (χ0) is 26.2. The largest absolute Gasteiger partial charge is 0.491 e. The molecule has 0 amide bonds. The summed E-state index contributed by atoms with van der Waals surface area (Å²) >= 11 is 0. The first-order chi connectivity index (χ1) is 17.8. The molecule has 0 radical (unpaired) electrons. The number of nitrogens with zero attached hydrogens (tertiary/aromatic N) is 1. The van der Waals surface area contributed by atoms with Crippen molar-refractivity contribution >= 4 is 0 Å². The highest BCUT2D eigenvalue weighted by molar-refractivity contribution is 5.27. The Bertz CT molecular complexity index is 935. The van der Waals surface area contributed by atoms with Crippen LogP contribution in [0.3, 0.4) is 0 Å². The summed E-state index contributed by atoms with van der Waals surface area (Å²) < 4.78 is 24.6. The minimum Gasteiger partial charge on any atom is -0.491 e. The summed E-state index contributed by atoms with van der Waals surface area (Å²) in [6, 6.07) is 8.36. The first-order valence-corrected chi connectivity index (χ1v) is 14.5. The standard InChI is InChI=1S/C31H47NO5/c1-6-28(4)21-31(35-22-30(23-36-31)16-9-8-10-17-30)24(3)29(5,7-2)32(28)37-18-15-25-11-13-26(14-12-25)33-19-27-20-34-27/h8-9,11-14,24,27H,6-7,10,15-23H2,1-5H3. The molecule has 4 unspecified atom stereocenters. The molecule has 6 nitrogen and oxygen atoms in total. The third kappa shape index (κ3) is 5.38. The molecule has 4 aliphatic rings. The van der Waals surface area contributed by atoms with E-state index in [1.165, 1.54) is 5.56 Å². The molecule has 0 aromatic heterocycles. The van der Waals surface area contributed by atoms with Gasteiger partial charge in [-0.3, -0.25) is 4.84 Å². The van der Waals surface area contributed by atoms with Crippen LogP contribution < -0.4 is 4.74 Å². The molecule has 4 atom stereocenters. The van der Waals surface area contributed by atoms with E-state index in [9.17, 15) is 0 Å². The Morgan fingerprint density at radius 2 is 1.76 bits per heavy atom. The van der Waals surface area contributed by atoms with Gasteiger partial charge in [-0.05, 0) is 70.1 Å². The first kappa shape index (κ1) is 27.1. The van der Waals surface area contributed by atoms with Crippen LogP contribution in [0.25, 0.3) is 0 Å². The first-order valence-electron chi connectivity index (χ1n) is 14.5. The van der Waals surface area contributed by atoms with Gasteiger partial charge in [-0.1, -0.05) is 45.1 Å². The summed E-state index contributed by atoms with van der Waals surface area (Å²) in [6.45, 7) is 15.2. The van der Waals surface area contributed by atoms with E-state index in [1.807, 2.05) is 12.1 Å². The van der Waals surface area contributed by atoms with Crippen molar-refractivity contribution in [2.75, 3.05) is 33.0 Å². The summed E-state index contributed by atoms with van der Waals surface area (Å²) in [5.74, 6) is 0.502. The van der Waals surface area contributed by atoms with Gasteiger partial charge in [0.2, 0.25) is 0 Å². The molecule has 6 heteroatoms. The van der Waals surface area contributed by atoms with Crippen molar-refractivity contribution in [3.05, 3.63) is 42.0 Å². The normalized spacial score (nSPS) is 39.8. The quantitative estimate of drug-likeness (QED) is 0.294. The van der Waals surface area contributed by atoms with Gasteiger partial charge in [-0.2, -0.15) is 5.06 Å². The Labute approximate surface area is 223 Å². The smallest absolute Gasteiger partial charge is 0.174 e. The minimum absolute atomic E-state index is 0.144. The van der Waals surface area contributed by atoms with Gasteiger partial charge in [0.05, 0.1) is 32.0 Å². The van der Waals surface area contributed by atoms with Gasteiger partial charge < -0.3 is 18.9 Å². The Morgan fingerprint density at radius 1 is 1.03 bits per heavy atom. The minimum atomic E-state index is -0.566. The van der Waals surface area contributed by atoms with Crippen LogP contribution >= 0.6 is 0 Å². The lowest BCUT2D eigenvalue weighted by Crippen LogP contribution is -2.73. The fourth-order valence-corrected chi connectivity index (χ4v) is 6.60. The molecule has 1 aromatic rings. The molecule has 0 N–H and O–H groups in total. The maximum absolute atomic E-state index is 6.82. The van der Waals surface area contributed by atoms with Crippen LogP contribution in [0.5, 0.6) is 5.75 Å². The molecule has 3 saturated heterocycles. The molecule has 5 rings (SSSR count). The monoisotopic (exact) mass is 513 g/mol. The third-order valence-corrected chi connectivity index (χ3v) is 9.83. The predicted molar refractivity (Wildman–Crippen MR) is 144 cm³/mol. The molecule has 206 valence electrons. The van der Waals surface area contributed by atoms with Crippen molar-refractivity contribution < 1.29 is 23.8 Å². The predicted octanol–water partition coefficient (Wildman–Crippen LogP) is 6.09. The van der Waals surface area contributed by atoms with Gasteiger partial charge in [-0.15, -0.1) is 0 Å². The fourth-order valence-electron chi connectivity index (χ4n) is 6.60. The summed E-state index contributed by atoms with van der Waals surface area (Å²) in [4.78, 5) is 6.70. The van der Waals surface area contributed by atoms with Crippen LogP contribution in [-0.2, 0) is 25.5 Å². The van der Waals surface area contributed by atoms with Crippen LogP contribution in [-0.4, -0.2) is 61.1 Å². The second kappa shape index (κ2) is 10.6. The van der Waals surface area contributed by atoms with Crippen LogP contribution in [0, 0.1) is 11.3 Å². The van der Waals surface area contributed by atoms with E-state index in [2.05, 4.69) is 64.0 Å². The van der Waals surface area contributed by atoms with Gasteiger partial charge in [-0.25, -0.2) is 0 Å². The lowest BCUT2D eigenvalue weighted by atomic mass is 9.66. The number of hydrogen-bond donors (Lipinski definition) is 0. The fraction of sp³-hybridized carbons (Fsp3) is 0.742. The number of allylic oxidation sites excluding steroid dienone is 2. The number of piperidine rings is 1. The van der Waals surface area contributed by atoms with E-state index in [0.29, 0.717) is 13.2 Å². The maximum Gasteiger partial charge on any atom is 0.174 e. The van der Waals surface area contributed by atoms with E-state index < -0.39 is 5.79 Å². The average Bonchev–Trinajstić information content (AvgIpc) is 3.76.